The van der Waals surface area contributed by atoms with Crippen LogP contribution in [0.15, 0.2) is 18.2 Å². The Balaban J connectivity index is 2.79. The molecule has 0 bridgehead atoms. The summed E-state index contributed by atoms with van der Waals surface area (Å²) >= 11 is 2.50. The van der Waals surface area contributed by atoms with E-state index < -0.39 is 0 Å². The van der Waals surface area contributed by atoms with Gasteiger partial charge in [-0.15, -0.1) is 0 Å². The first-order valence-corrected chi connectivity index (χ1v) is 5.84. The van der Waals surface area contributed by atoms with E-state index in [0.29, 0.717) is 5.75 Å². The molecule has 0 aromatic heterocycles. The van der Waals surface area contributed by atoms with Gasteiger partial charge in [0.2, 0.25) is 0 Å². The first kappa shape index (κ1) is 11.6. The molecule has 0 fully saturated rings. The van der Waals surface area contributed by atoms with Gasteiger partial charge in [0.1, 0.15) is 0 Å². The number of hydrogen-bond donors (Lipinski definition) is 1. The fraction of sp³-hybridized carbons (Fsp3) is 0.455. The van der Waals surface area contributed by atoms with Crippen LogP contribution in [0.3, 0.4) is 0 Å². The quantitative estimate of drug-likeness (QED) is 0.810. The van der Waals surface area contributed by atoms with E-state index in [0.717, 1.165) is 29.5 Å². The molecule has 0 atom stereocenters. The SMILES string of the molecule is CCN(CC)Cc1cc([As])ccc1O. The molecule has 76 valence electrons. The second-order valence-electron chi connectivity index (χ2n) is 3.27. The zero-order valence-corrected chi connectivity index (χ0v) is 10.6. The maximum absolute atomic E-state index is 9.64. The predicted octanol–water partition coefficient (Wildman–Crippen LogP) is 1.03. The van der Waals surface area contributed by atoms with Gasteiger partial charge in [0.15, 0.2) is 0 Å². The number of rotatable bonds is 4. The van der Waals surface area contributed by atoms with Crippen molar-refractivity contribution >= 4 is 21.2 Å². The van der Waals surface area contributed by atoms with Crippen LogP contribution in [0.4, 0.5) is 0 Å². The van der Waals surface area contributed by atoms with Crippen LogP contribution in [0.1, 0.15) is 19.4 Å². The van der Waals surface area contributed by atoms with Gasteiger partial charge in [0.05, 0.1) is 0 Å². The van der Waals surface area contributed by atoms with Crippen molar-refractivity contribution in [2.45, 2.75) is 20.4 Å². The van der Waals surface area contributed by atoms with E-state index in [9.17, 15) is 5.11 Å². The molecule has 1 N–H and O–H groups in total. The first-order chi connectivity index (χ1) is 6.67. The van der Waals surface area contributed by atoms with E-state index >= 15 is 0 Å². The molecule has 1 rings (SSSR count). The monoisotopic (exact) mass is 253 g/mol. The van der Waals surface area contributed by atoms with Crippen molar-refractivity contribution in [3.8, 4) is 5.75 Å². The minimum absolute atomic E-state index is 0.395. The number of phenolic OH excluding ortho intramolecular Hbond substituents is 1. The van der Waals surface area contributed by atoms with Crippen molar-refractivity contribution in [1.82, 2.24) is 4.90 Å². The zero-order chi connectivity index (χ0) is 10.6. The molecule has 2 nitrogen and oxygen atoms in total. The summed E-state index contributed by atoms with van der Waals surface area (Å²) in [7, 11) is 0. The van der Waals surface area contributed by atoms with E-state index in [2.05, 4.69) is 35.6 Å². The zero-order valence-electron chi connectivity index (χ0n) is 8.70. The Labute approximate surface area is 94.4 Å². The number of aromatic hydroxyl groups is 1. The predicted molar refractivity (Wildman–Crippen MR) is 60.1 cm³/mol. The molecule has 1 aromatic carbocycles. The van der Waals surface area contributed by atoms with Gasteiger partial charge < -0.3 is 0 Å². The van der Waals surface area contributed by atoms with Gasteiger partial charge in [-0.1, -0.05) is 0 Å². The average Bonchev–Trinajstić information content (AvgIpc) is 2.19. The molecule has 3 heteroatoms. The minimum atomic E-state index is 0.395. The molecule has 0 saturated carbocycles. The fourth-order valence-electron chi connectivity index (χ4n) is 1.39. The van der Waals surface area contributed by atoms with Crippen LogP contribution in [0.2, 0.25) is 0 Å². The third-order valence-corrected chi connectivity index (χ3v) is 2.94. The van der Waals surface area contributed by atoms with Crippen LogP contribution in [0, 0.1) is 0 Å². The third kappa shape index (κ3) is 3.04. The number of phenols is 1. The Morgan fingerprint density at radius 2 is 1.93 bits per heavy atom. The van der Waals surface area contributed by atoms with Crippen LogP contribution in [-0.2, 0) is 6.54 Å². The van der Waals surface area contributed by atoms with Crippen LogP contribution >= 0.6 is 0 Å². The molecule has 1 aromatic rings. The van der Waals surface area contributed by atoms with Crippen molar-refractivity contribution in [1.29, 1.82) is 0 Å². The summed E-state index contributed by atoms with van der Waals surface area (Å²) in [6, 6.07) is 5.68. The van der Waals surface area contributed by atoms with Gasteiger partial charge >= 0.3 is 94.2 Å². The average molecular weight is 253 g/mol. The molecule has 0 amide bonds. The summed E-state index contributed by atoms with van der Waals surface area (Å²) in [5.74, 6) is 0.395. The molecule has 0 aliphatic rings. The molecular weight excluding hydrogens is 237 g/mol. The Kier molecular flexibility index (Phi) is 4.50. The van der Waals surface area contributed by atoms with E-state index in [-0.39, 0.29) is 0 Å². The summed E-state index contributed by atoms with van der Waals surface area (Å²) in [5, 5.41) is 9.64. The number of benzene rings is 1. The number of hydrogen-bond acceptors (Lipinski definition) is 2. The topological polar surface area (TPSA) is 23.5 Å². The molecule has 0 aliphatic heterocycles. The second-order valence-corrected chi connectivity index (χ2v) is 4.36. The van der Waals surface area contributed by atoms with Gasteiger partial charge in [-0.25, -0.2) is 0 Å². The third-order valence-electron chi connectivity index (χ3n) is 2.35. The van der Waals surface area contributed by atoms with Crippen LogP contribution < -0.4 is 4.35 Å². The van der Waals surface area contributed by atoms with E-state index in [1.165, 1.54) is 0 Å². The van der Waals surface area contributed by atoms with Crippen molar-refractivity contribution in [3.05, 3.63) is 23.8 Å². The Hall–Kier alpha value is -0.462. The standard InChI is InChI=1S/C11H16AsNO/c1-3-13(4-2)8-9-7-10(12)5-6-11(9)14/h5-7,14H,3-4,8H2,1-2H3. The molecule has 14 heavy (non-hydrogen) atoms. The van der Waals surface area contributed by atoms with Gasteiger partial charge in [-0.05, 0) is 0 Å². The summed E-state index contributed by atoms with van der Waals surface area (Å²) < 4.78 is 1.14. The van der Waals surface area contributed by atoms with Crippen molar-refractivity contribution in [3.63, 3.8) is 0 Å². The Morgan fingerprint density at radius 1 is 1.29 bits per heavy atom. The fourth-order valence-corrected chi connectivity index (χ4v) is 1.87. The molecule has 2 radical (unpaired) electrons. The summed E-state index contributed by atoms with van der Waals surface area (Å²) in [4.78, 5) is 2.28. The van der Waals surface area contributed by atoms with Crippen molar-refractivity contribution < 1.29 is 5.11 Å². The Bertz CT molecular complexity index is 297. The Morgan fingerprint density at radius 3 is 2.50 bits per heavy atom. The molecule has 0 heterocycles. The summed E-state index contributed by atoms with van der Waals surface area (Å²) in [6.45, 7) is 7.11. The van der Waals surface area contributed by atoms with E-state index in [1.54, 1.807) is 6.07 Å². The van der Waals surface area contributed by atoms with Gasteiger partial charge in [-0.3, -0.25) is 0 Å². The molecule has 0 aliphatic carbocycles. The summed E-state index contributed by atoms with van der Waals surface area (Å²) in [6.07, 6.45) is 0. The van der Waals surface area contributed by atoms with E-state index in [4.69, 9.17) is 0 Å². The van der Waals surface area contributed by atoms with Crippen LogP contribution in [0.25, 0.3) is 0 Å². The van der Waals surface area contributed by atoms with Gasteiger partial charge in [0.25, 0.3) is 0 Å². The van der Waals surface area contributed by atoms with Gasteiger partial charge in [0, 0.05) is 0 Å². The first-order valence-electron chi connectivity index (χ1n) is 4.90. The molecule has 0 unspecified atom stereocenters. The van der Waals surface area contributed by atoms with E-state index in [1.807, 2.05) is 12.1 Å². The number of nitrogens with zero attached hydrogens (tertiary/aromatic N) is 1. The van der Waals surface area contributed by atoms with Crippen LogP contribution in [-0.4, -0.2) is 39.9 Å². The summed E-state index contributed by atoms with van der Waals surface area (Å²) in [5.41, 5.74) is 1.01. The molecular formula is C11H16AsNO. The maximum atomic E-state index is 9.64. The molecule has 0 saturated heterocycles. The van der Waals surface area contributed by atoms with Crippen molar-refractivity contribution in [2.24, 2.45) is 0 Å². The van der Waals surface area contributed by atoms with Gasteiger partial charge in [-0.2, -0.15) is 0 Å². The second kappa shape index (κ2) is 5.43. The van der Waals surface area contributed by atoms with Crippen LogP contribution in [0.5, 0.6) is 5.75 Å². The molecule has 0 spiro atoms. The normalized spacial score (nSPS) is 10.9. The van der Waals surface area contributed by atoms with Crippen molar-refractivity contribution in [2.75, 3.05) is 13.1 Å².